The Bertz CT molecular complexity index is 408. The van der Waals surface area contributed by atoms with E-state index in [1.165, 1.54) is 18.1 Å². The van der Waals surface area contributed by atoms with E-state index in [0.717, 1.165) is 12.8 Å². The van der Waals surface area contributed by atoms with Crippen LogP contribution in [-0.4, -0.2) is 17.4 Å². The van der Waals surface area contributed by atoms with Crippen molar-refractivity contribution in [1.29, 1.82) is 0 Å². The van der Waals surface area contributed by atoms with E-state index in [4.69, 9.17) is 4.74 Å². The van der Waals surface area contributed by atoms with Gasteiger partial charge in [-0.2, -0.15) is 0 Å². The number of aliphatic hydroxyl groups is 1. The Morgan fingerprint density at radius 3 is 2.83 bits per heavy atom. The fourth-order valence-corrected chi connectivity index (χ4v) is 2.97. The van der Waals surface area contributed by atoms with Gasteiger partial charge >= 0.3 is 5.97 Å². The second-order valence-electron chi connectivity index (χ2n) is 5.77. The lowest BCUT2D eigenvalue weighted by molar-refractivity contribution is -0.151. The summed E-state index contributed by atoms with van der Waals surface area (Å²) in [7, 11) is 0. The summed E-state index contributed by atoms with van der Waals surface area (Å²) in [6, 6.07) is 0. The van der Waals surface area contributed by atoms with Gasteiger partial charge in [0.05, 0.1) is 0 Å². The van der Waals surface area contributed by atoms with Gasteiger partial charge in [-0.25, -0.2) is 4.79 Å². The summed E-state index contributed by atoms with van der Waals surface area (Å²) in [5.41, 5.74) is 2.20. The lowest BCUT2D eigenvalue weighted by Crippen LogP contribution is -2.29. The molecule has 0 spiro atoms. The highest BCUT2D eigenvalue weighted by Gasteiger charge is 2.35. The summed E-state index contributed by atoms with van der Waals surface area (Å²) in [4.78, 5) is 11.5. The molecule has 3 heteroatoms. The number of hydrogen-bond donors (Lipinski definition) is 1. The first-order valence-corrected chi connectivity index (χ1v) is 6.70. The maximum absolute atomic E-state index is 11.5. The molecule has 2 rings (SSSR count). The quantitative estimate of drug-likeness (QED) is 0.618. The average Bonchev–Trinajstić information content (AvgIpc) is 2.62. The van der Waals surface area contributed by atoms with Crippen molar-refractivity contribution in [1.82, 2.24) is 0 Å². The molecule has 1 heterocycles. The Balaban J connectivity index is 2.05. The summed E-state index contributed by atoms with van der Waals surface area (Å²) in [6.07, 6.45) is 6.78. The first kappa shape index (κ1) is 13.3. The fraction of sp³-hybridized carbons (Fsp3) is 0.667. The molecule has 0 fully saturated rings. The molecule has 0 bridgehead atoms. The first-order chi connectivity index (χ1) is 8.43. The second-order valence-corrected chi connectivity index (χ2v) is 5.77. The van der Waals surface area contributed by atoms with Crippen LogP contribution in [-0.2, 0) is 9.53 Å². The van der Waals surface area contributed by atoms with Gasteiger partial charge in [-0.15, -0.1) is 0 Å². The molecule has 18 heavy (non-hydrogen) atoms. The average molecular weight is 250 g/mol. The monoisotopic (exact) mass is 250 g/mol. The van der Waals surface area contributed by atoms with Crippen LogP contribution in [0.5, 0.6) is 0 Å². The molecule has 0 aromatic heterocycles. The highest BCUT2D eigenvalue weighted by Crippen LogP contribution is 2.45. The summed E-state index contributed by atoms with van der Waals surface area (Å²) in [5, 5.41) is 9.24. The second kappa shape index (κ2) is 4.88. The topological polar surface area (TPSA) is 46.5 Å². The number of cyclic esters (lactones) is 1. The van der Waals surface area contributed by atoms with Crippen molar-refractivity contribution in [2.24, 2.45) is 11.3 Å². The van der Waals surface area contributed by atoms with Crippen molar-refractivity contribution < 1.29 is 14.6 Å². The van der Waals surface area contributed by atoms with Gasteiger partial charge in [-0.3, -0.25) is 0 Å². The molecule has 3 atom stereocenters. The molecule has 3 nitrogen and oxygen atoms in total. The molecule has 1 N–H and O–H groups in total. The van der Waals surface area contributed by atoms with Crippen molar-refractivity contribution in [3.8, 4) is 0 Å². The van der Waals surface area contributed by atoms with E-state index in [-0.39, 0.29) is 11.4 Å². The summed E-state index contributed by atoms with van der Waals surface area (Å²) >= 11 is 0. The number of carbonyl (C=O) groups excluding carboxylic acids is 1. The molecule has 0 saturated carbocycles. The van der Waals surface area contributed by atoms with Crippen molar-refractivity contribution in [3.05, 3.63) is 23.3 Å². The van der Waals surface area contributed by atoms with Crippen LogP contribution in [0.15, 0.2) is 23.3 Å². The highest BCUT2D eigenvalue weighted by molar-refractivity contribution is 5.90. The van der Waals surface area contributed by atoms with Crippen molar-refractivity contribution in [2.45, 2.75) is 52.7 Å². The zero-order valence-electron chi connectivity index (χ0n) is 11.4. The Kier molecular flexibility index (Phi) is 3.62. The molecule has 1 aliphatic carbocycles. The fourth-order valence-electron chi connectivity index (χ4n) is 2.97. The molecule has 0 amide bonds. The number of ether oxygens (including phenoxy) is 1. The predicted molar refractivity (Wildman–Crippen MR) is 69.7 cm³/mol. The number of aliphatic hydroxyl groups excluding tert-OH is 1. The number of rotatable bonds is 3. The zero-order chi connectivity index (χ0) is 13.3. The number of carbonyl (C=O) groups is 1. The smallest absolute Gasteiger partial charge is 0.336 e. The van der Waals surface area contributed by atoms with Gasteiger partial charge in [0.25, 0.3) is 0 Å². The number of allylic oxidation sites excluding steroid dienone is 2. The van der Waals surface area contributed by atoms with Crippen LogP contribution in [0.4, 0.5) is 0 Å². The third-order valence-electron chi connectivity index (χ3n) is 4.79. The molecule has 0 saturated heterocycles. The molecule has 1 aliphatic heterocycles. The van der Waals surface area contributed by atoms with E-state index < -0.39 is 6.29 Å². The maximum Gasteiger partial charge on any atom is 0.336 e. The third-order valence-corrected chi connectivity index (χ3v) is 4.79. The lowest BCUT2D eigenvalue weighted by Gasteiger charge is -2.40. The summed E-state index contributed by atoms with van der Waals surface area (Å²) in [6.45, 7) is 6.75. The van der Waals surface area contributed by atoms with E-state index in [0.29, 0.717) is 17.9 Å². The van der Waals surface area contributed by atoms with Crippen LogP contribution in [0.3, 0.4) is 0 Å². The number of esters is 1. The number of hydrogen-bond acceptors (Lipinski definition) is 3. The lowest BCUT2D eigenvalue weighted by atomic mass is 9.65. The molecule has 100 valence electrons. The SMILES string of the molecule is CC1=CCC[C@@H](C)[C@]1(C)CCC1=C[C@@H](O)OC1=O. The van der Waals surface area contributed by atoms with E-state index in [2.05, 4.69) is 26.8 Å². The van der Waals surface area contributed by atoms with Crippen LogP contribution in [0.1, 0.15) is 46.5 Å². The van der Waals surface area contributed by atoms with E-state index >= 15 is 0 Å². The molecular weight excluding hydrogens is 228 g/mol. The molecule has 0 aromatic carbocycles. The van der Waals surface area contributed by atoms with Gasteiger partial charge < -0.3 is 9.84 Å². The highest BCUT2D eigenvalue weighted by atomic mass is 16.6. The molecule has 0 radical (unpaired) electrons. The van der Waals surface area contributed by atoms with E-state index in [1.54, 1.807) is 0 Å². The van der Waals surface area contributed by atoms with Crippen LogP contribution >= 0.6 is 0 Å². The van der Waals surface area contributed by atoms with Crippen LogP contribution in [0.2, 0.25) is 0 Å². The Morgan fingerprint density at radius 1 is 1.56 bits per heavy atom. The molecule has 2 aliphatic rings. The largest absolute Gasteiger partial charge is 0.429 e. The Hall–Kier alpha value is -1.09. The maximum atomic E-state index is 11.5. The van der Waals surface area contributed by atoms with Gasteiger partial charge in [-0.1, -0.05) is 25.5 Å². The predicted octanol–water partition coefficient (Wildman–Crippen LogP) is 2.95. The van der Waals surface area contributed by atoms with Gasteiger partial charge in [0.1, 0.15) is 0 Å². The molecular formula is C15H22O3. The van der Waals surface area contributed by atoms with E-state index in [9.17, 15) is 9.90 Å². The van der Waals surface area contributed by atoms with Gasteiger partial charge in [0.2, 0.25) is 6.29 Å². The van der Waals surface area contributed by atoms with Crippen molar-refractivity contribution >= 4 is 5.97 Å². The van der Waals surface area contributed by atoms with Crippen LogP contribution < -0.4 is 0 Å². The van der Waals surface area contributed by atoms with E-state index in [1.807, 2.05) is 0 Å². The summed E-state index contributed by atoms with van der Waals surface area (Å²) < 4.78 is 4.71. The summed E-state index contributed by atoms with van der Waals surface area (Å²) in [5.74, 6) is 0.265. The minimum atomic E-state index is -1.04. The Labute approximate surface area is 109 Å². The minimum absolute atomic E-state index is 0.160. The van der Waals surface area contributed by atoms with Crippen molar-refractivity contribution in [2.75, 3.05) is 0 Å². The van der Waals surface area contributed by atoms with Crippen LogP contribution in [0.25, 0.3) is 0 Å². The Morgan fingerprint density at radius 2 is 2.28 bits per heavy atom. The molecule has 0 unspecified atom stereocenters. The molecule has 0 aromatic rings. The van der Waals surface area contributed by atoms with Gasteiger partial charge in [0, 0.05) is 5.57 Å². The normalized spacial score (nSPS) is 36.1. The first-order valence-electron chi connectivity index (χ1n) is 6.70. The van der Waals surface area contributed by atoms with Gasteiger partial charge in [0.15, 0.2) is 0 Å². The van der Waals surface area contributed by atoms with Gasteiger partial charge in [-0.05, 0) is 50.0 Å². The third kappa shape index (κ3) is 2.37. The minimum Gasteiger partial charge on any atom is -0.429 e. The van der Waals surface area contributed by atoms with Crippen molar-refractivity contribution in [3.63, 3.8) is 0 Å². The van der Waals surface area contributed by atoms with Crippen LogP contribution in [0, 0.1) is 11.3 Å². The zero-order valence-corrected chi connectivity index (χ0v) is 11.4. The standard InChI is InChI=1S/C15H22O3/c1-10-5-4-6-11(2)15(10,3)8-7-12-9-13(16)18-14(12)17/h5,9,11,13,16H,4,6-8H2,1-3H3/t11-,13+,15-/m1/s1.